The Bertz CT molecular complexity index is 2290. The smallest absolute Gasteiger partial charge is 0.333 e. The molecule has 6 heterocycles. The zero-order chi connectivity index (χ0) is 69.6. The highest BCUT2D eigenvalue weighted by Gasteiger charge is 2.59. The van der Waals surface area contributed by atoms with Crippen molar-refractivity contribution < 1.29 is 131 Å². The van der Waals surface area contributed by atoms with E-state index in [-0.39, 0.29) is 24.5 Å². The molecule has 6 aliphatic rings. The average Bonchev–Trinajstić information content (AvgIpc) is 0.773. The number of aliphatic hydroxyl groups excluding tert-OH is 9. The summed E-state index contributed by atoms with van der Waals surface area (Å²) in [4.78, 5) is 55.6. The largest absolute Gasteiger partial charge is 0.455 e. The van der Waals surface area contributed by atoms with E-state index in [9.17, 15) is 65.1 Å². The van der Waals surface area contributed by atoms with Crippen molar-refractivity contribution in [3.05, 3.63) is 11.6 Å². The van der Waals surface area contributed by atoms with Crippen molar-refractivity contribution in [3.63, 3.8) is 0 Å². The number of allylic oxidation sites excluding steroid dienone is 1. The molecule has 27 nitrogen and oxygen atoms in total. The third-order valence-corrected chi connectivity index (χ3v) is 19.3. The van der Waals surface area contributed by atoms with Crippen LogP contribution >= 0.6 is 0 Å². The number of carbonyl (C=O) groups is 4. The quantitative estimate of drug-likeness (QED) is 0.0231. The van der Waals surface area contributed by atoms with Crippen LogP contribution < -0.4 is 0 Å². The molecule has 0 aliphatic carbocycles. The van der Waals surface area contributed by atoms with Crippen LogP contribution in [0.2, 0.25) is 0 Å². The van der Waals surface area contributed by atoms with Crippen LogP contribution in [0.15, 0.2) is 11.6 Å². The predicted octanol–water partition coefficient (Wildman–Crippen LogP) is 4.79. The van der Waals surface area contributed by atoms with Gasteiger partial charge in [-0.2, -0.15) is 0 Å². The Labute approximate surface area is 560 Å². The Kier molecular flexibility index (Phi) is 34.3. The summed E-state index contributed by atoms with van der Waals surface area (Å²) in [6.45, 7) is 15.2. The fourth-order valence-electron chi connectivity index (χ4n) is 12.8. The maximum Gasteiger partial charge on any atom is 0.333 e. The van der Waals surface area contributed by atoms with Gasteiger partial charge in [0.1, 0.15) is 67.1 Å². The van der Waals surface area contributed by atoms with Gasteiger partial charge in [0, 0.05) is 18.4 Å². The van der Waals surface area contributed by atoms with E-state index < -0.39 is 196 Å². The molecule has 0 bridgehead atoms. The Morgan fingerprint density at radius 3 is 1.71 bits per heavy atom. The number of aliphatic hydroxyl groups is 9. The molecule has 3 unspecified atom stereocenters. The van der Waals surface area contributed by atoms with Gasteiger partial charge < -0.3 is 112 Å². The lowest BCUT2D eigenvalue weighted by Gasteiger charge is -2.50. The van der Waals surface area contributed by atoms with Gasteiger partial charge in [-0.15, -0.1) is 0 Å². The number of hydrogen-bond acceptors (Lipinski definition) is 27. The van der Waals surface area contributed by atoms with E-state index in [1.165, 1.54) is 47.6 Å². The summed E-state index contributed by atoms with van der Waals surface area (Å²) in [7, 11) is 0. The number of ether oxygens (including phenoxy) is 14. The molecule has 0 radical (unpaired) electrons. The van der Waals surface area contributed by atoms with Gasteiger partial charge in [-0.1, -0.05) is 129 Å². The summed E-state index contributed by atoms with van der Waals surface area (Å²) in [6.07, 6.45) is -22.3. The Hall–Kier alpha value is -3.14. The lowest BCUT2D eigenvalue weighted by molar-refractivity contribution is -0.395. The lowest BCUT2D eigenvalue weighted by Crippen LogP contribution is -2.68. The second-order valence-corrected chi connectivity index (χ2v) is 26.9. The Morgan fingerprint density at radius 1 is 0.526 bits per heavy atom. The zero-order valence-corrected chi connectivity index (χ0v) is 57.6. The molecule has 9 N–H and O–H groups in total. The van der Waals surface area contributed by atoms with Gasteiger partial charge in [-0.25, -0.2) is 4.79 Å². The maximum atomic E-state index is 14.2. The standard InChI is InChI=1S/C68H116O27/c1-11-14-16-17-18-19-22-25-29-33-45(71)88-58-53(79)55(93-68-61(95-64-51(77)49(75)48(74)44(35-69)87-64)60(91-63(81)37(5)38(6)70)56(42(10)85-68)90-62(80)36(4)13-3)41(9)83-66(58)92-54-40(8)84-67-59(52(54)78)89-46(72)34-30-26-23-20-21-24-28-32-43(31-27-15-12-2)86-65-57(94-67)50(76)47(73)39(7)82-65/h13,37-44,47-61,64-70,73-79H,11-12,14-35H2,1-10H3/b36-13+/t37?,38?,39-,40+,41+,42+,43?,44-,47-,48-,49+,50+,51-,52-,53-,54+,55+,56+,57-,58-,59-,60-,61-,64-,65+,66+,67-,68+/m1/s1. The molecule has 28 atom stereocenters. The van der Waals surface area contributed by atoms with Crippen molar-refractivity contribution in [2.75, 3.05) is 6.61 Å². The molecule has 0 spiro atoms. The van der Waals surface area contributed by atoms with Gasteiger partial charge in [-0.05, 0) is 81.1 Å². The van der Waals surface area contributed by atoms with Gasteiger partial charge in [0.05, 0.1) is 49.1 Å². The van der Waals surface area contributed by atoms with Crippen molar-refractivity contribution in [2.24, 2.45) is 5.92 Å². The molecule has 0 aromatic rings. The van der Waals surface area contributed by atoms with Gasteiger partial charge >= 0.3 is 23.9 Å². The molecule has 6 aliphatic heterocycles. The van der Waals surface area contributed by atoms with E-state index in [1.807, 2.05) is 0 Å². The highest BCUT2D eigenvalue weighted by Crippen LogP contribution is 2.40. The first-order valence-corrected chi connectivity index (χ1v) is 35.4. The predicted molar refractivity (Wildman–Crippen MR) is 337 cm³/mol. The fourth-order valence-corrected chi connectivity index (χ4v) is 12.8. The minimum absolute atomic E-state index is 0.0366. The van der Waals surface area contributed by atoms with Crippen molar-refractivity contribution in [1.82, 2.24) is 0 Å². The normalized spacial score (nSPS) is 39.6. The van der Waals surface area contributed by atoms with Gasteiger partial charge in [0.25, 0.3) is 0 Å². The Balaban J connectivity index is 1.35. The van der Waals surface area contributed by atoms with Gasteiger partial charge in [-0.3, -0.25) is 14.4 Å². The highest BCUT2D eigenvalue weighted by atomic mass is 16.8. The minimum atomic E-state index is -2.06. The molecule has 0 aromatic heterocycles. The second-order valence-electron chi connectivity index (χ2n) is 26.9. The molecular weight excluding hydrogens is 1250 g/mol. The summed E-state index contributed by atoms with van der Waals surface area (Å²) in [5.74, 6) is -4.58. The highest BCUT2D eigenvalue weighted by molar-refractivity contribution is 5.87. The molecule has 27 heteroatoms. The third-order valence-electron chi connectivity index (χ3n) is 19.3. The van der Waals surface area contributed by atoms with E-state index in [0.717, 1.165) is 103 Å². The topological polar surface area (TPSA) is 380 Å². The lowest BCUT2D eigenvalue weighted by atomic mass is 9.95. The van der Waals surface area contributed by atoms with Crippen LogP contribution in [-0.2, 0) is 85.5 Å². The van der Waals surface area contributed by atoms with Crippen molar-refractivity contribution in [3.8, 4) is 0 Å². The maximum absolute atomic E-state index is 14.2. The third kappa shape index (κ3) is 22.9. The van der Waals surface area contributed by atoms with E-state index in [4.69, 9.17) is 66.3 Å². The molecule has 550 valence electrons. The van der Waals surface area contributed by atoms with Crippen molar-refractivity contribution in [2.45, 2.75) is 383 Å². The number of esters is 4. The molecular formula is C68H116O27. The van der Waals surface area contributed by atoms with Gasteiger partial charge in [0.2, 0.25) is 0 Å². The summed E-state index contributed by atoms with van der Waals surface area (Å²) in [5.41, 5.74) is 0.138. The number of unbranched alkanes of at least 4 members (excludes halogenated alkanes) is 10. The molecule has 0 amide bonds. The second kappa shape index (κ2) is 40.3. The van der Waals surface area contributed by atoms with Gasteiger partial charge in [0.15, 0.2) is 62.0 Å². The van der Waals surface area contributed by atoms with Crippen LogP contribution in [0.25, 0.3) is 0 Å². The van der Waals surface area contributed by atoms with E-state index in [2.05, 4.69) is 13.8 Å². The summed E-state index contributed by atoms with van der Waals surface area (Å²) >= 11 is 0. The number of rotatable bonds is 27. The van der Waals surface area contributed by atoms with E-state index in [1.54, 1.807) is 13.8 Å². The summed E-state index contributed by atoms with van der Waals surface area (Å²) in [6, 6.07) is 0. The van der Waals surface area contributed by atoms with Crippen LogP contribution in [0.3, 0.4) is 0 Å². The average molecular weight is 1370 g/mol. The summed E-state index contributed by atoms with van der Waals surface area (Å²) < 4.78 is 88.4. The SMILES string of the molecule is C/C=C(\C)C(=O)O[C@@H]1[C@@H](OC(=O)C(C)C(C)O)[C@@H](O[C@H]2O[C@H](CO)[C@@H](O)[C@H](O)[C@H]2O)[C@H](O[C@@H]2[C@@H](O)[C@@H](OC(=O)CCCCCCCCCCC)[C@H](O[C@@H]3[C@@H](O)[C@H]4OC(=O)CCCCCCCCCC(CCCCC)O[C@@H]5O[C@H](C)[C@@H](O)[C@H](O)[C@H]5O[C@H]4O[C@H]3C)O[C@H]2C)O[C@H]1C. The first-order chi connectivity index (χ1) is 45.3. The van der Waals surface area contributed by atoms with Crippen LogP contribution in [0.5, 0.6) is 0 Å². The van der Waals surface area contributed by atoms with Crippen LogP contribution in [0.1, 0.15) is 217 Å². The zero-order valence-electron chi connectivity index (χ0n) is 57.6. The van der Waals surface area contributed by atoms with Crippen LogP contribution in [-0.4, -0.2) is 242 Å². The monoisotopic (exact) mass is 1360 g/mol. The van der Waals surface area contributed by atoms with Crippen molar-refractivity contribution >= 4 is 23.9 Å². The first kappa shape index (κ1) is 80.8. The number of carbonyl (C=O) groups excluding carboxylic acids is 4. The van der Waals surface area contributed by atoms with Crippen LogP contribution in [0.4, 0.5) is 0 Å². The first-order valence-electron chi connectivity index (χ1n) is 35.4. The molecule has 6 fully saturated rings. The van der Waals surface area contributed by atoms with E-state index >= 15 is 0 Å². The molecule has 6 saturated heterocycles. The van der Waals surface area contributed by atoms with E-state index in [0.29, 0.717) is 32.1 Å². The van der Waals surface area contributed by atoms with Crippen LogP contribution in [0, 0.1) is 5.92 Å². The molecule has 0 saturated carbocycles. The van der Waals surface area contributed by atoms with Crippen molar-refractivity contribution in [1.29, 1.82) is 0 Å². The minimum Gasteiger partial charge on any atom is -0.455 e. The number of hydrogen-bond donors (Lipinski definition) is 9. The molecule has 0 aromatic carbocycles. The summed E-state index contributed by atoms with van der Waals surface area (Å²) in [5, 5.41) is 102. The fraction of sp³-hybridized carbons (Fsp3) is 0.912. The number of fused-ring (bicyclic) bond motifs is 2. The molecule has 6 rings (SSSR count). The molecule has 95 heavy (non-hydrogen) atoms. The Morgan fingerprint density at radius 2 is 1.07 bits per heavy atom.